The molecule has 0 spiro atoms. The number of anilines is 1. The number of hydrogen-bond donors (Lipinski definition) is 2. The van der Waals surface area contributed by atoms with Crippen LogP contribution in [0.5, 0.6) is 11.5 Å². The number of ether oxygens (including phenoxy) is 1. The van der Waals surface area contributed by atoms with Gasteiger partial charge in [0.15, 0.2) is 5.75 Å². The molecule has 1 heterocycles. The van der Waals surface area contributed by atoms with E-state index in [-0.39, 0.29) is 11.2 Å². The summed E-state index contributed by atoms with van der Waals surface area (Å²) in [5, 5.41) is 12.5. The number of methoxy groups -OCH3 is 1. The summed E-state index contributed by atoms with van der Waals surface area (Å²) >= 11 is 0. The Morgan fingerprint density at radius 3 is 2.63 bits per heavy atom. The van der Waals surface area contributed by atoms with Crippen molar-refractivity contribution < 1.29 is 9.84 Å². The molecule has 0 unspecified atom stereocenters. The zero-order chi connectivity index (χ0) is 13.8. The summed E-state index contributed by atoms with van der Waals surface area (Å²) < 4.78 is 6.79. The summed E-state index contributed by atoms with van der Waals surface area (Å²) in [6.07, 6.45) is 1.41. The van der Waals surface area contributed by atoms with Gasteiger partial charge in [-0.15, -0.1) is 0 Å². The Hall–Kier alpha value is -2.43. The zero-order valence-electron chi connectivity index (χ0n) is 10.9. The fourth-order valence-corrected chi connectivity index (χ4v) is 1.73. The molecule has 1 aromatic heterocycles. The number of nitrogens with one attached hydrogen (secondary N) is 1. The number of pyridine rings is 1. The number of aromatic nitrogens is 1. The van der Waals surface area contributed by atoms with E-state index < -0.39 is 0 Å². The van der Waals surface area contributed by atoms with Crippen LogP contribution in [0.4, 0.5) is 5.69 Å². The van der Waals surface area contributed by atoms with Crippen LogP contribution in [0.2, 0.25) is 0 Å². The van der Waals surface area contributed by atoms with Crippen LogP contribution in [0.3, 0.4) is 0 Å². The van der Waals surface area contributed by atoms with Crippen molar-refractivity contribution in [2.45, 2.75) is 6.54 Å². The second-order valence-corrected chi connectivity index (χ2v) is 4.21. The minimum absolute atomic E-state index is 0.240. The molecular formula is C14H16N2O3. The Kier molecular flexibility index (Phi) is 3.75. The lowest BCUT2D eigenvalue weighted by Crippen LogP contribution is -2.12. The molecule has 0 aliphatic heterocycles. The van der Waals surface area contributed by atoms with Crippen molar-refractivity contribution in [2.75, 3.05) is 12.4 Å². The number of aryl methyl sites for hydroxylation is 1. The van der Waals surface area contributed by atoms with Crippen molar-refractivity contribution in [1.82, 2.24) is 4.57 Å². The Balaban J connectivity index is 2.09. The van der Waals surface area contributed by atoms with Crippen LogP contribution in [0, 0.1) is 0 Å². The van der Waals surface area contributed by atoms with Gasteiger partial charge in [0.1, 0.15) is 5.75 Å². The molecule has 5 nitrogen and oxygen atoms in total. The van der Waals surface area contributed by atoms with E-state index >= 15 is 0 Å². The van der Waals surface area contributed by atoms with Gasteiger partial charge in [0.2, 0.25) is 5.43 Å². The molecule has 0 saturated heterocycles. The highest BCUT2D eigenvalue weighted by molar-refractivity contribution is 5.46. The van der Waals surface area contributed by atoms with E-state index in [1.165, 1.54) is 12.3 Å². The molecule has 0 saturated carbocycles. The number of aromatic hydroxyl groups is 1. The van der Waals surface area contributed by atoms with Crippen LogP contribution >= 0.6 is 0 Å². The SMILES string of the molecule is COc1ccc(NCc2cc(=O)c(O)cn2C)cc1. The van der Waals surface area contributed by atoms with Gasteiger partial charge in [-0.05, 0) is 24.3 Å². The average molecular weight is 260 g/mol. The molecule has 1 aromatic carbocycles. The molecule has 19 heavy (non-hydrogen) atoms. The Labute approximate surface area is 111 Å². The molecule has 2 rings (SSSR count). The van der Waals surface area contributed by atoms with E-state index in [0.717, 1.165) is 17.1 Å². The second-order valence-electron chi connectivity index (χ2n) is 4.21. The third-order valence-corrected chi connectivity index (χ3v) is 2.88. The number of nitrogens with zero attached hydrogens (tertiary/aromatic N) is 1. The van der Waals surface area contributed by atoms with Gasteiger partial charge in [-0.3, -0.25) is 4.79 Å². The first kappa shape index (κ1) is 13.0. The standard InChI is InChI=1S/C14H16N2O3/c1-16-9-14(18)13(17)7-11(16)8-15-10-3-5-12(19-2)6-4-10/h3-7,9,15,18H,8H2,1-2H3. The van der Waals surface area contributed by atoms with Crippen molar-refractivity contribution in [2.24, 2.45) is 7.05 Å². The highest BCUT2D eigenvalue weighted by Crippen LogP contribution is 2.15. The van der Waals surface area contributed by atoms with Gasteiger partial charge in [0.05, 0.1) is 13.7 Å². The molecule has 0 aliphatic rings. The van der Waals surface area contributed by atoms with Crippen molar-refractivity contribution in [3.05, 3.63) is 52.4 Å². The molecule has 0 bridgehead atoms. The van der Waals surface area contributed by atoms with E-state index in [4.69, 9.17) is 4.74 Å². The third kappa shape index (κ3) is 3.07. The van der Waals surface area contributed by atoms with Crippen LogP contribution in [0.15, 0.2) is 41.3 Å². The largest absolute Gasteiger partial charge is 0.503 e. The van der Waals surface area contributed by atoms with Crippen LogP contribution in [-0.2, 0) is 13.6 Å². The maximum atomic E-state index is 11.4. The van der Waals surface area contributed by atoms with Gasteiger partial charge in [-0.25, -0.2) is 0 Å². The zero-order valence-corrected chi connectivity index (χ0v) is 10.9. The minimum atomic E-state index is -0.371. The van der Waals surface area contributed by atoms with E-state index in [1.54, 1.807) is 18.7 Å². The van der Waals surface area contributed by atoms with Gasteiger partial charge in [-0.1, -0.05) is 0 Å². The smallest absolute Gasteiger partial charge is 0.223 e. The molecule has 100 valence electrons. The van der Waals surface area contributed by atoms with Crippen LogP contribution in [0.25, 0.3) is 0 Å². The summed E-state index contributed by atoms with van der Waals surface area (Å²) in [7, 11) is 3.40. The van der Waals surface area contributed by atoms with Crippen LogP contribution < -0.4 is 15.5 Å². The summed E-state index contributed by atoms with van der Waals surface area (Å²) in [4.78, 5) is 11.4. The monoisotopic (exact) mass is 260 g/mol. The van der Waals surface area contributed by atoms with E-state index in [2.05, 4.69) is 5.32 Å². The summed E-state index contributed by atoms with van der Waals surface area (Å²) in [5.41, 5.74) is 1.35. The molecule has 0 aliphatic carbocycles. The van der Waals surface area contributed by atoms with Crippen molar-refractivity contribution in [3.8, 4) is 11.5 Å². The van der Waals surface area contributed by atoms with Crippen molar-refractivity contribution in [3.63, 3.8) is 0 Å². The quantitative estimate of drug-likeness (QED) is 0.878. The minimum Gasteiger partial charge on any atom is -0.503 e. The normalized spacial score (nSPS) is 10.2. The molecule has 0 radical (unpaired) electrons. The molecule has 0 fully saturated rings. The topological polar surface area (TPSA) is 63.5 Å². The van der Waals surface area contributed by atoms with E-state index in [0.29, 0.717) is 6.54 Å². The van der Waals surface area contributed by atoms with E-state index in [1.807, 2.05) is 24.3 Å². The van der Waals surface area contributed by atoms with Gasteiger partial charge < -0.3 is 19.7 Å². The van der Waals surface area contributed by atoms with Crippen molar-refractivity contribution in [1.29, 1.82) is 0 Å². The molecule has 0 amide bonds. The first-order chi connectivity index (χ1) is 9.10. The molecule has 5 heteroatoms. The fraction of sp³-hybridized carbons (Fsp3) is 0.214. The van der Waals surface area contributed by atoms with Gasteiger partial charge in [0, 0.05) is 30.7 Å². The number of hydrogen-bond acceptors (Lipinski definition) is 4. The highest BCUT2D eigenvalue weighted by atomic mass is 16.5. The maximum absolute atomic E-state index is 11.4. The lowest BCUT2D eigenvalue weighted by Gasteiger charge is -2.11. The lowest BCUT2D eigenvalue weighted by molar-refractivity contribution is 0.415. The fourth-order valence-electron chi connectivity index (χ4n) is 1.73. The molecular weight excluding hydrogens is 244 g/mol. The number of benzene rings is 1. The maximum Gasteiger partial charge on any atom is 0.223 e. The first-order valence-electron chi connectivity index (χ1n) is 5.86. The Morgan fingerprint density at radius 2 is 2.00 bits per heavy atom. The van der Waals surface area contributed by atoms with Crippen molar-refractivity contribution >= 4 is 5.69 Å². The predicted molar refractivity (Wildman–Crippen MR) is 73.7 cm³/mol. The molecule has 2 N–H and O–H groups in total. The average Bonchev–Trinajstić information content (AvgIpc) is 2.42. The molecule has 2 aromatic rings. The van der Waals surface area contributed by atoms with Gasteiger partial charge >= 0.3 is 0 Å². The van der Waals surface area contributed by atoms with E-state index in [9.17, 15) is 9.90 Å². The Morgan fingerprint density at radius 1 is 1.32 bits per heavy atom. The predicted octanol–water partition coefficient (Wildman–Crippen LogP) is 1.71. The summed E-state index contributed by atoms with van der Waals surface area (Å²) in [5.74, 6) is 0.554. The number of rotatable bonds is 4. The van der Waals surface area contributed by atoms with Crippen LogP contribution in [-0.4, -0.2) is 16.8 Å². The van der Waals surface area contributed by atoms with Gasteiger partial charge in [-0.2, -0.15) is 0 Å². The third-order valence-electron chi connectivity index (χ3n) is 2.88. The summed E-state index contributed by atoms with van der Waals surface area (Å²) in [6.45, 7) is 0.498. The van der Waals surface area contributed by atoms with Gasteiger partial charge in [0.25, 0.3) is 0 Å². The Bertz CT molecular complexity index is 618. The second kappa shape index (κ2) is 5.48. The lowest BCUT2D eigenvalue weighted by atomic mass is 10.2. The molecule has 0 atom stereocenters. The van der Waals surface area contributed by atoms with Crippen LogP contribution in [0.1, 0.15) is 5.69 Å². The highest BCUT2D eigenvalue weighted by Gasteiger charge is 2.03. The first-order valence-corrected chi connectivity index (χ1v) is 5.86. The summed E-state index contributed by atoms with van der Waals surface area (Å²) in [6, 6.07) is 8.94.